The van der Waals surface area contributed by atoms with Gasteiger partial charge in [0, 0.05) is 12.8 Å². The molecule has 0 bridgehead atoms. The maximum Gasteiger partial charge on any atom is 0.326 e. The molecule has 3 amide bonds. The fraction of sp³-hybridized carbons (Fsp3) is 0.714. The summed E-state index contributed by atoms with van der Waals surface area (Å²) in [5, 5.41) is 34.2. The number of nitrogens with two attached hydrogens (primary N) is 2. The van der Waals surface area contributed by atoms with Crippen molar-refractivity contribution < 1.29 is 44.1 Å². The molecule has 35 heavy (non-hydrogen) atoms. The first-order valence-electron chi connectivity index (χ1n) is 11.3. The highest BCUT2D eigenvalue weighted by Gasteiger charge is 2.31. The highest BCUT2D eigenvalue weighted by Crippen LogP contribution is 2.07. The second kappa shape index (κ2) is 16.4. The van der Waals surface area contributed by atoms with Crippen LogP contribution in [0.15, 0.2) is 0 Å². The molecule has 0 fully saturated rings. The Hall–Kier alpha value is -3.26. The molecule has 4 atom stereocenters. The van der Waals surface area contributed by atoms with Gasteiger partial charge in [0.05, 0.1) is 6.04 Å². The van der Waals surface area contributed by atoms with E-state index < -0.39 is 78.6 Å². The van der Waals surface area contributed by atoms with Gasteiger partial charge in [-0.15, -0.1) is 0 Å². The van der Waals surface area contributed by atoms with Crippen LogP contribution in [0.25, 0.3) is 0 Å². The zero-order valence-corrected chi connectivity index (χ0v) is 20.0. The summed E-state index contributed by atoms with van der Waals surface area (Å²) in [6.07, 6.45) is -0.203. The summed E-state index contributed by atoms with van der Waals surface area (Å²) in [6, 6.07) is -5.09. The lowest BCUT2D eigenvalue weighted by molar-refractivity contribution is -0.144. The quantitative estimate of drug-likeness (QED) is 0.0985. The fourth-order valence-electron chi connectivity index (χ4n) is 3.03. The van der Waals surface area contributed by atoms with E-state index in [4.69, 9.17) is 21.7 Å². The molecule has 0 radical (unpaired) electrons. The normalized spacial score (nSPS) is 14.3. The van der Waals surface area contributed by atoms with E-state index in [1.54, 1.807) is 13.8 Å². The van der Waals surface area contributed by atoms with Crippen LogP contribution >= 0.6 is 0 Å². The summed E-state index contributed by atoms with van der Waals surface area (Å²) >= 11 is 0. The Morgan fingerprint density at radius 2 is 1.17 bits per heavy atom. The maximum absolute atomic E-state index is 12.9. The SMILES string of the molecule is CC(C)C(NC(=O)C(CCC(=O)O)NC(=O)C(CCC(=O)O)NC(=O)C(N)CCCCN)C(=O)O. The Morgan fingerprint density at radius 3 is 1.57 bits per heavy atom. The van der Waals surface area contributed by atoms with Crippen LogP contribution in [0.5, 0.6) is 0 Å². The predicted octanol–water partition coefficient (Wildman–Crippen LogP) is -1.63. The summed E-state index contributed by atoms with van der Waals surface area (Å²) < 4.78 is 0. The van der Waals surface area contributed by atoms with Gasteiger partial charge in [0.25, 0.3) is 0 Å². The zero-order chi connectivity index (χ0) is 27.1. The van der Waals surface area contributed by atoms with Crippen molar-refractivity contribution in [1.82, 2.24) is 16.0 Å². The van der Waals surface area contributed by atoms with Gasteiger partial charge in [-0.2, -0.15) is 0 Å². The molecule has 200 valence electrons. The molecule has 10 N–H and O–H groups in total. The molecule has 0 saturated carbocycles. The molecule has 0 aliphatic rings. The molecule has 0 rings (SSSR count). The van der Waals surface area contributed by atoms with Gasteiger partial charge < -0.3 is 42.7 Å². The smallest absolute Gasteiger partial charge is 0.326 e. The van der Waals surface area contributed by atoms with Crippen LogP contribution in [0.2, 0.25) is 0 Å². The molecule has 0 aliphatic carbocycles. The molecular formula is C21H37N5O9. The van der Waals surface area contributed by atoms with Crippen molar-refractivity contribution in [2.45, 2.75) is 83.0 Å². The van der Waals surface area contributed by atoms with E-state index in [-0.39, 0.29) is 19.3 Å². The average molecular weight is 504 g/mol. The molecule has 0 aromatic carbocycles. The summed E-state index contributed by atoms with van der Waals surface area (Å²) in [6.45, 7) is 3.52. The van der Waals surface area contributed by atoms with Crippen molar-refractivity contribution in [3.63, 3.8) is 0 Å². The number of carbonyl (C=O) groups excluding carboxylic acids is 3. The van der Waals surface area contributed by atoms with E-state index in [2.05, 4.69) is 16.0 Å². The van der Waals surface area contributed by atoms with Crippen molar-refractivity contribution in [2.75, 3.05) is 6.54 Å². The monoisotopic (exact) mass is 503 g/mol. The molecule has 14 heteroatoms. The minimum atomic E-state index is -1.44. The van der Waals surface area contributed by atoms with Crippen LogP contribution in [-0.2, 0) is 28.8 Å². The van der Waals surface area contributed by atoms with Crippen LogP contribution in [0.4, 0.5) is 0 Å². The topological polar surface area (TPSA) is 251 Å². The van der Waals surface area contributed by atoms with Crippen LogP contribution in [0.3, 0.4) is 0 Å². The van der Waals surface area contributed by atoms with Gasteiger partial charge >= 0.3 is 17.9 Å². The number of unbranched alkanes of at least 4 members (excludes halogenated alkanes) is 1. The van der Waals surface area contributed by atoms with Crippen LogP contribution in [0.1, 0.15) is 58.8 Å². The standard InChI is InChI=1S/C21H37N5O9/c1-11(2)17(21(34)35)26-20(33)14(7-9-16(29)30)25-19(32)13(6-8-15(27)28)24-18(31)12(23)5-3-4-10-22/h11-14,17H,3-10,22-23H2,1-2H3,(H,24,31)(H,25,32)(H,26,33)(H,27,28)(H,29,30)(H,34,35). The van der Waals surface area contributed by atoms with Crippen molar-refractivity contribution in [3.8, 4) is 0 Å². The molecule has 0 spiro atoms. The second-order valence-corrected chi connectivity index (χ2v) is 8.45. The van der Waals surface area contributed by atoms with Gasteiger partial charge in [0.15, 0.2) is 0 Å². The first-order valence-corrected chi connectivity index (χ1v) is 11.3. The van der Waals surface area contributed by atoms with E-state index in [1.807, 2.05) is 0 Å². The van der Waals surface area contributed by atoms with Gasteiger partial charge in [0.1, 0.15) is 18.1 Å². The van der Waals surface area contributed by atoms with E-state index in [0.717, 1.165) is 0 Å². The summed E-state index contributed by atoms with van der Waals surface area (Å²) in [5.74, 6) is -6.87. The van der Waals surface area contributed by atoms with Gasteiger partial charge in [0.2, 0.25) is 17.7 Å². The minimum Gasteiger partial charge on any atom is -0.481 e. The third-order valence-corrected chi connectivity index (χ3v) is 5.10. The number of amides is 3. The molecule has 4 unspecified atom stereocenters. The highest BCUT2D eigenvalue weighted by molar-refractivity contribution is 5.94. The Balaban J connectivity index is 5.55. The second-order valence-electron chi connectivity index (χ2n) is 8.45. The zero-order valence-electron chi connectivity index (χ0n) is 20.0. The van der Waals surface area contributed by atoms with Gasteiger partial charge in [-0.25, -0.2) is 4.79 Å². The largest absolute Gasteiger partial charge is 0.481 e. The number of aliphatic carboxylic acids is 3. The third-order valence-electron chi connectivity index (χ3n) is 5.10. The van der Waals surface area contributed by atoms with E-state index in [9.17, 15) is 33.9 Å². The summed E-state index contributed by atoms with van der Waals surface area (Å²) in [4.78, 5) is 71.4. The molecule has 14 nitrogen and oxygen atoms in total. The van der Waals surface area contributed by atoms with Crippen LogP contribution in [0, 0.1) is 5.92 Å². The molecule has 0 saturated heterocycles. The van der Waals surface area contributed by atoms with E-state index in [0.29, 0.717) is 19.4 Å². The Labute approximate surface area is 203 Å². The molecule has 0 aliphatic heterocycles. The van der Waals surface area contributed by atoms with E-state index >= 15 is 0 Å². The number of carboxylic acids is 3. The van der Waals surface area contributed by atoms with Crippen molar-refractivity contribution in [3.05, 3.63) is 0 Å². The number of carbonyl (C=O) groups is 6. The van der Waals surface area contributed by atoms with Crippen molar-refractivity contribution >= 4 is 35.6 Å². The van der Waals surface area contributed by atoms with E-state index in [1.165, 1.54) is 0 Å². The van der Waals surface area contributed by atoms with Gasteiger partial charge in [-0.05, 0) is 38.1 Å². The maximum atomic E-state index is 12.9. The molecule has 0 aromatic rings. The number of nitrogens with one attached hydrogen (secondary N) is 3. The van der Waals surface area contributed by atoms with Crippen LogP contribution < -0.4 is 27.4 Å². The first-order chi connectivity index (χ1) is 16.3. The Kier molecular flexibility index (Phi) is 14.9. The lowest BCUT2D eigenvalue weighted by atomic mass is 10.0. The number of carboxylic acid groups (broad SMARTS) is 3. The molecule has 0 heterocycles. The molecule has 0 aromatic heterocycles. The van der Waals surface area contributed by atoms with Crippen LogP contribution in [-0.4, -0.2) is 81.7 Å². The number of hydrogen-bond acceptors (Lipinski definition) is 8. The average Bonchev–Trinajstić information content (AvgIpc) is 2.76. The number of hydrogen-bond donors (Lipinski definition) is 8. The Bertz CT molecular complexity index is 759. The molecular weight excluding hydrogens is 466 g/mol. The lowest BCUT2D eigenvalue weighted by Crippen LogP contribution is -2.57. The first kappa shape index (κ1) is 31.7. The van der Waals surface area contributed by atoms with Gasteiger partial charge in [-0.1, -0.05) is 20.3 Å². The highest BCUT2D eigenvalue weighted by atomic mass is 16.4. The third kappa shape index (κ3) is 13.3. The Morgan fingerprint density at radius 1 is 0.714 bits per heavy atom. The summed E-state index contributed by atoms with van der Waals surface area (Å²) in [7, 11) is 0. The fourth-order valence-corrected chi connectivity index (χ4v) is 3.03. The van der Waals surface area contributed by atoms with Crippen molar-refractivity contribution in [1.29, 1.82) is 0 Å². The predicted molar refractivity (Wildman–Crippen MR) is 123 cm³/mol. The van der Waals surface area contributed by atoms with Gasteiger partial charge in [-0.3, -0.25) is 24.0 Å². The number of rotatable bonds is 18. The minimum absolute atomic E-state index is 0.283. The lowest BCUT2D eigenvalue weighted by Gasteiger charge is -2.25. The van der Waals surface area contributed by atoms with Crippen molar-refractivity contribution in [2.24, 2.45) is 17.4 Å². The summed E-state index contributed by atoms with van der Waals surface area (Å²) in [5.41, 5.74) is 11.2.